The van der Waals surface area contributed by atoms with Crippen LogP contribution in [0, 0.1) is 5.92 Å². The number of fused-ring (bicyclic) bond motifs is 1. The molecular weight excluding hydrogens is 246 g/mol. The lowest BCUT2D eigenvalue weighted by Gasteiger charge is -2.39. The highest BCUT2D eigenvalue weighted by molar-refractivity contribution is 5.26. The summed E-state index contributed by atoms with van der Waals surface area (Å²) in [7, 11) is 0. The van der Waals surface area contributed by atoms with E-state index in [-0.39, 0.29) is 0 Å². The fraction of sp³-hybridized carbons (Fsp3) is 0.444. The van der Waals surface area contributed by atoms with Gasteiger partial charge in [-0.25, -0.2) is 0 Å². The molecule has 0 saturated carbocycles. The molecule has 1 fully saturated rings. The molecule has 2 aliphatic rings. The topological polar surface area (TPSA) is 12.5 Å². The summed E-state index contributed by atoms with van der Waals surface area (Å²) in [6.07, 6.45) is 8.10. The maximum atomic E-state index is 5.68. The summed E-state index contributed by atoms with van der Waals surface area (Å²) in [5.74, 6) is 1.81. The third-order valence-electron chi connectivity index (χ3n) is 4.20. The van der Waals surface area contributed by atoms with Crippen LogP contribution in [0.5, 0.6) is 0 Å². The highest BCUT2D eigenvalue weighted by Gasteiger charge is 2.28. The van der Waals surface area contributed by atoms with Crippen molar-refractivity contribution in [2.24, 2.45) is 5.92 Å². The first-order valence-electron chi connectivity index (χ1n) is 7.69. The summed E-state index contributed by atoms with van der Waals surface area (Å²) >= 11 is 0. The van der Waals surface area contributed by atoms with E-state index in [0.29, 0.717) is 5.92 Å². The van der Waals surface area contributed by atoms with Crippen LogP contribution in [0.2, 0.25) is 0 Å². The third kappa shape index (κ3) is 2.90. The van der Waals surface area contributed by atoms with Gasteiger partial charge in [-0.1, -0.05) is 30.3 Å². The highest BCUT2D eigenvalue weighted by Crippen LogP contribution is 2.36. The lowest BCUT2D eigenvalue weighted by molar-refractivity contribution is 0.177. The molecule has 1 aromatic rings. The standard InChI is InChI=1S/C18H23NO/c1-2-20-17-10-11-18-16(13-17)9-6-12-19(18)14-15-7-4-3-5-8-15/h3-5,7-8,10-11,16H,2,6,9,12-14H2,1H3. The van der Waals surface area contributed by atoms with Crippen molar-refractivity contribution in [2.75, 3.05) is 13.2 Å². The summed E-state index contributed by atoms with van der Waals surface area (Å²) < 4.78 is 5.68. The van der Waals surface area contributed by atoms with E-state index in [0.717, 1.165) is 25.3 Å². The van der Waals surface area contributed by atoms with Gasteiger partial charge in [0.15, 0.2) is 0 Å². The molecule has 106 valence electrons. The van der Waals surface area contributed by atoms with Crippen molar-refractivity contribution in [3.05, 3.63) is 59.5 Å². The minimum Gasteiger partial charge on any atom is -0.498 e. The van der Waals surface area contributed by atoms with Gasteiger partial charge in [-0.15, -0.1) is 0 Å². The molecule has 0 amide bonds. The number of likely N-dealkylation sites (tertiary alicyclic amines) is 1. The summed E-state index contributed by atoms with van der Waals surface area (Å²) in [4.78, 5) is 2.54. The van der Waals surface area contributed by atoms with E-state index < -0.39 is 0 Å². The van der Waals surface area contributed by atoms with Gasteiger partial charge in [-0.2, -0.15) is 0 Å². The number of allylic oxidation sites excluding steroid dienone is 4. The lowest BCUT2D eigenvalue weighted by atomic mass is 9.87. The third-order valence-corrected chi connectivity index (χ3v) is 4.20. The van der Waals surface area contributed by atoms with Gasteiger partial charge < -0.3 is 9.64 Å². The molecule has 0 N–H and O–H groups in total. The second-order valence-electron chi connectivity index (χ2n) is 5.61. The molecule has 1 aliphatic carbocycles. The van der Waals surface area contributed by atoms with Crippen molar-refractivity contribution >= 4 is 0 Å². The summed E-state index contributed by atoms with van der Waals surface area (Å²) in [5.41, 5.74) is 2.90. The van der Waals surface area contributed by atoms with E-state index in [9.17, 15) is 0 Å². The SMILES string of the molecule is CCOC1=CC=C2C(CCCN2Cc2ccccc2)C1. The zero-order chi connectivity index (χ0) is 13.8. The minimum atomic E-state index is 0.652. The Hall–Kier alpha value is -1.70. The molecule has 0 radical (unpaired) electrons. The van der Waals surface area contributed by atoms with E-state index in [1.54, 1.807) is 0 Å². The Balaban J connectivity index is 1.75. The van der Waals surface area contributed by atoms with Gasteiger partial charge in [-0.05, 0) is 37.5 Å². The Bertz CT molecular complexity index is 503. The maximum absolute atomic E-state index is 5.68. The fourth-order valence-corrected chi connectivity index (χ4v) is 3.27. The number of hydrogen-bond acceptors (Lipinski definition) is 2. The molecule has 0 bridgehead atoms. The molecular formula is C18H23NO. The summed E-state index contributed by atoms with van der Waals surface area (Å²) in [6, 6.07) is 10.8. The van der Waals surface area contributed by atoms with Gasteiger partial charge in [0.05, 0.1) is 12.4 Å². The Kier molecular flexibility index (Phi) is 4.10. The van der Waals surface area contributed by atoms with Crippen LogP contribution in [0.3, 0.4) is 0 Å². The average Bonchev–Trinajstić information content (AvgIpc) is 2.49. The van der Waals surface area contributed by atoms with Crippen LogP contribution in [0.25, 0.3) is 0 Å². The van der Waals surface area contributed by atoms with Crippen LogP contribution in [0.4, 0.5) is 0 Å². The predicted octanol–water partition coefficient (Wildman–Crippen LogP) is 4.11. The highest BCUT2D eigenvalue weighted by atomic mass is 16.5. The van der Waals surface area contributed by atoms with Crippen molar-refractivity contribution in [3.8, 4) is 0 Å². The number of hydrogen-bond donors (Lipinski definition) is 0. The first-order chi connectivity index (χ1) is 9.86. The largest absolute Gasteiger partial charge is 0.498 e. The van der Waals surface area contributed by atoms with E-state index in [1.807, 2.05) is 0 Å². The smallest absolute Gasteiger partial charge is 0.0966 e. The number of ether oxygens (including phenoxy) is 1. The number of piperidine rings is 1. The van der Waals surface area contributed by atoms with Crippen molar-refractivity contribution in [1.29, 1.82) is 0 Å². The molecule has 0 spiro atoms. The van der Waals surface area contributed by atoms with Gasteiger partial charge in [0.2, 0.25) is 0 Å². The molecule has 1 atom stereocenters. The van der Waals surface area contributed by atoms with Crippen molar-refractivity contribution < 1.29 is 4.74 Å². The summed E-state index contributed by atoms with van der Waals surface area (Å²) in [5, 5.41) is 0. The second kappa shape index (κ2) is 6.17. The van der Waals surface area contributed by atoms with Crippen molar-refractivity contribution in [1.82, 2.24) is 4.90 Å². The normalized spacial score (nSPS) is 21.9. The first-order valence-corrected chi connectivity index (χ1v) is 7.69. The molecule has 20 heavy (non-hydrogen) atoms. The van der Waals surface area contributed by atoms with Gasteiger partial charge in [0.1, 0.15) is 0 Å². The number of rotatable bonds is 4. The van der Waals surface area contributed by atoms with Crippen LogP contribution >= 0.6 is 0 Å². The molecule has 2 nitrogen and oxygen atoms in total. The van der Waals surface area contributed by atoms with Gasteiger partial charge in [0, 0.05) is 31.1 Å². The van der Waals surface area contributed by atoms with Crippen LogP contribution in [0.1, 0.15) is 31.7 Å². The fourth-order valence-electron chi connectivity index (χ4n) is 3.27. The predicted molar refractivity (Wildman–Crippen MR) is 82.0 cm³/mol. The zero-order valence-corrected chi connectivity index (χ0v) is 12.2. The molecule has 1 unspecified atom stereocenters. The Labute approximate surface area is 121 Å². The molecule has 3 rings (SSSR count). The quantitative estimate of drug-likeness (QED) is 0.815. The maximum Gasteiger partial charge on any atom is 0.0966 e. The van der Waals surface area contributed by atoms with Crippen LogP contribution in [-0.2, 0) is 11.3 Å². The second-order valence-corrected chi connectivity index (χ2v) is 5.61. The zero-order valence-electron chi connectivity index (χ0n) is 12.2. The number of benzene rings is 1. The Morgan fingerprint density at radius 3 is 2.85 bits per heavy atom. The molecule has 1 aromatic carbocycles. The summed E-state index contributed by atoms with van der Waals surface area (Å²) in [6.45, 7) is 5.04. The van der Waals surface area contributed by atoms with Gasteiger partial charge >= 0.3 is 0 Å². The molecule has 1 saturated heterocycles. The van der Waals surface area contributed by atoms with Crippen LogP contribution in [0.15, 0.2) is 53.9 Å². The van der Waals surface area contributed by atoms with E-state index in [4.69, 9.17) is 4.74 Å². The molecule has 1 aliphatic heterocycles. The van der Waals surface area contributed by atoms with Gasteiger partial charge in [0.25, 0.3) is 0 Å². The van der Waals surface area contributed by atoms with Crippen LogP contribution < -0.4 is 0 Å². The van der Waals surface area contributed by atoms with E-state index in [1.165, 1.54) is 30.6 Å². The molecule has 0 aromatic heterocycles. The lowest BCUT2D eigenvalue weighted by Crippen LogP contribution is -2.34. The monoisotopic (exact) mass is 269 g/mol. The Morgan fingerprint density at radius 1 is 1.20 bits per heavy atom. The van der Waals surface area contributed by atoms with E-state index >= 15 is 0 Å². The first kappa shape index (κ1) is 13.3. The number of nitrogens with zero attached hydrogens (tertiary/aromatic N) is 1. The molecule has 1 heterocycles. The average molecular weight is 269 g/mol. The van der Waals surface area contributed by atoms with Crippen molar-refractivity contribution in [2.45, 2.75) is 32.7 Å². The minimum absolute atomic E-state index is 0.652. The van der Waals surface area contributed by atoms with Crippen LogP contribution in [-0.4, -0.2) is 18.1 Å². The molecule has 2 heteroatoms. The van der Waals surface area contributed by atoms with E-state index in [2.05, 4.69) is 54.3 Å². The van der Waals surface area contributed by atoms with Crippen molar-refractivity contribution in [3.63, 3.8) is 0 Å². The van der Waals surface area contributed by atoms with Gasteiger partial charge in [-0.3, -0.25) is 0 Å². The Morgan fingerprint density at radius 2 is 2.05 bits per heavy atom.